The third kappa shape index (κ3) is 2.73. The molecular weight excluding hydrogens is 362 g/mol. The first kappa shape index (κ1) is 18.7. The predicted octanol–water partition coefficient (Wildman–Crippen LogP) is 2.95. The molecule has 5 rings (SSSR count). The van der Waals surface area contributed by atoms with Crippen LogP contribution in [0, 0.1) is 23.2 Å². The van der Waals surface area contributed by atoms with Crippen molar-refractivity contribution in [2.75, 3.05) is 13.7 Å². The van der Waals surface area contributed by atoms with Crippen LogP contribution in [-0.2, 0) is 21.5 Å². The van der Waals surface area contributed by atoms with Crippen LogP contribution in [0.15, 0.2) is 23.2 Å². The fraction of sp³-hybridized carbons (Fsp3) is 0.583. The predicted molar refractivity (Wildman–Crippen MR) is 112 cm³/mol. The van der Waals surface area contributed by atoms with Gasteiger partial charge in [-0.15, -0.1) is 0 Å². The number of ether oxygens (including phenoxy) is 1. The first-order valence-corrected chi connectivity index (χ1v) is 10.9. The zero-order chi connectivity index (χ0) is 20.2. The molecule has 1 heterocycles. The summed E-state index contributed by atoms with van der Waals surface area (Å²) in [5.41, 5.74) is 8.28. The van der Waals surface area contributed by atoms with E-state index in [2.05, 4.69) is 30.0 Å². The lowest BCUT2D eigenvalue weighted by Gasteiger charge is -2.45. The van der Waals surface area contributed by atoms with Crippen LogP contribution in [0.5, 0.6) is 0 Å². The highest BCUT2D eigenvalue weighted by molar-refractivity contribution is 6.08. The molecule has 29 heavy (non-hydrogen) atoms. The topological polar surface area (TPSA) is 67.9 Å². The van der Waals surface area contributed by atoms with E-state index in [1.165, 1.54) is 23.3 Å². The van der Waals surface area contributed by atoms with Gasteiger partial charge in [-0.3, -0.25) is 9.69 Å². The van der Waals surface area contributed by atoms with Gasteiger partial charge in [0.15, 0.2) is 11.5 Å². The molecule has 1 aromatic rings. The molecule has 2 saturated carbocycles. The molecule has 5 heteroatoms. The number of aliphatic imine (C=N–C) groups is 1. The summed E-state index contributed by atoms with van der Waals surface area (Å²) in [6.07, 6.45) is 7.33. The number of rotatable bonds is 2. The number of carbonyl (C=O) groups is 1. The number of fused-ring (bicyclic) bond motifs is 3. The summed E-state index contributed by atoms with van der Waals surface area (Å²) in [6, 6.07) is 6.37. The second kappa shape index (κ2) is 6.60. The third-order valence-corrected chi connectivity index (χ3v) is 7.33. The first-order valence-electron chi connectivity index (χ1n) is 10.9. The maximum absolute atomic E-state index is 13.6. The Labute approximate surface area is 172 Å². The maximum atomic E-state index is 13.6. The van der Waals surface area contributed by atoms with E-state index in [-0.39, 0.29) is 17.4 Å². The van der Waals surface area contributed by atoms with Crippen LogP contribution in [0.3, 0.4) is 0 Å². The van der Waals surface area contributed by atoms with E-state index in [0.29, 0.717) is 11.9 Å². The van der Waals surface area contributed by atoms with Crippen LogP contribution < -0.4 is 5.73 Å². The van der Waals surface area contributed by atoms with Crippen LogP contribution in [0.25, 0.3) is 0 Å². The lowest BCUT2D eigenvalue weighted by atomic mass is 9.61. The SMILES string of the molecule is CCOC1CCC2(CC1)Cc1ccc(C#CC3CC3)cc1C21N=C(N)N(C)C1=O. The second-order valence-electron chi connectivity index (χ2n) is 9.07. The number of likely N-dealkylation sites (N-methyl/N-ethyl adjacent to an activating group) is 1. The summed E-state index contributed by atoms with van der Waals surface area (Å²) in [5.74, 6) is 7.54. The van der Waals surface area contributed by atoms with Gasteiger partial charge in [-0.1, -0.05) is 17.9 Å². The Morgan fingerprint density at radius 2 is 2.03 bits per heavy atom. The lowest BCUT2D eigenvalue weighted by molar-refractivity contribution is -0.137. The van der Waals surface area contributed by atoms with Crippen LogP contribution in [0.2, 0.25) is 0 Å². The molecule has 0 radical (unpaired) electrons. The summed E-state index contributed by atoms with van der Waals surface area (Å²) in [7, 11) is 1.74. The van der Waals surface area contributed by atoms with Gasteiger partial charge in [0.1, 0.15) is 0 Å². The summed E-state index contributed by atoms with van der Waals surface area (Å²) in [4.78, 5) is 20.1. The van der Waals surface area contributed by atoms with Crippen molar-refractivity contribution >= 4 is 11.9 Å². The highest BCUT2D eigenvalue weighted by Crippen LogP contribution is 2.61. The Balaban J connectivity index is 1.59. The van der Waals surface area contributed by atoms with E-state index in [1.54, 1.807) is 7.05 Å². The number of amides is 1. The molecule has 1 unspecified atom stereocenters. The van der Waals surface area contributed by atoms with E-state index in [0.717, 1.165) is 49.8 Å². The number of nitrogens with two attached hydrogens (primary N) is 1. The van der Waals surface area contributed by atoms with Crippen molar-refractivity contribution in [1.29, 1.82) is 0 Å². The smallest absolute Gasteiger partial charge is 0.262 e. The van der Waals surface area contributed by atoms with Crippen LogP contribution in [0.1, 0.15) is 62.1 Å². The fourth-order valence-electron chi connectivity index (χ4n) is 5.58. The number of guanidine groups is 1. The molecule has 1 amide bonds. The van der Waals surface area contributed by atoms with E-state index < -0.39 is 5.54 Å². The standard InChI is InChI=1S/C24H29N3O2/c1-3-29-19-10-12-23(13-11-19)15-18-9-8-17(7-6-16-4-5-16)14-20(18)24(23)21(28)27(2)22(25)26-24/h8-9,14,16,19H,3-5,10-13,15H2,1-2H3,(H2,25,26). The highest BCUT2D eigenvalue weighted by Gasteiger charge is 2.66. The number of carbonyl (C=O) groups excluding carboxylic acids is 1. The quantitative estimate of drug-likeness (QED) is 0.788. The number of hydrogen-bond donors (Lipinski definition) is 1. The third-order valence-electron chi connectivity index (χ3n) is 7.33. The molecule has 2 spiro atoms. The van der Waals surface area contributed by atoms with Crippen molar-refractivity contribution in [3.63, 3.8) is 0 Å². The van der Waals surface area contributed by atoms with Crippen molar-refractivity contribution in [3.8, 4) is 11.8 Å². The van der Waals surface area contributed by atoms with Crippen molar-refractivity contribution < 1.29 is 9.53 Å². The molecule has 152 valence electrons. The Morgan fingerprint density at radius 1 is 1.28 bits per heavy atom. The number of nitrogens with zero attached hydrogens (tertiary/aromatic N) is 2. The van der Waals surface area contributed by atoms with Gasteiger partial charge >= 0.3 is 0 Å². The monoisotopic (exact) mass is 391 g/mol. The second-order valence-corrected chi connectivity index (χ2v) is 9.07. The van der Waals surface area contributed by atoms with Gasteiger partial charge in [-0.25, -0.2) is 4.99 Å². The Morgan fingerprint density at radius 3 is 2.66 bits per heavy atom. The normalized spacial score (nSPS) is 33.0. The lowest BCUT2D eigenvalue weighted by Crippen LogP contribution is -2.51. The summed E-state index contributed by atoms with van der Waals surface area (Å²) in [5, 5.41) is 0. The molecule has 1 aromatic carbocycles. The minimum Gasteiger partial charge on any atom is -0.379 e. The molecule has 0 bridgehead atoms. The largest absolute Gasteiger partial charge is 0.379 e. The molecule has 5 nitrogen and oxygen atoms in total. The Hall–Kier alpha value is -2.32. The van der Waals surface area contributed by atoms with E-state index >= 15 is 0 Å². The fourth-order valence-corrected chi connectivity index (χ4v) is 5.58. The molecule has 4 aliphatic rings. The maximum Gasteiger partial charge on any atom is 0.262 e. The Kier molecular flexibility index (Phi) is 4.25. The van der Waals surface area contributed by atoms with Gasteiger partial charge in [0.2, 0.25) is 0 Å². The van der Waals surface area contributed by atoms with Crippen molar-refractivity contribution in [2.45, 2.75) is 63.5 Å². The number of hydrogen-bond acceptors (Lipinski definition) is 4. The van der Waals surface area contributed by atoms with Gasteiger partial charge in [-0.05, 0) is 75.1 Å². The zero-order valence-electron chi connectivity index (χ0n) is 17.3. The van der Waals surface area contributed by atoms with Crippen molar-refractivity contribution in [2.24, 2.45) is 22.1 Å². The molecule has 3 aliphatic carbocycles. The summed E-state index contributed by atoms with van der Waals surface area (Å²) >= 11 is 0. The highest BCUT2D eigenvalue weighted by atomic mass is 16.5. The van der Waals surface area contributed by atoms with Crippen molar-refractivity contribution in [3.05, 3.63) is 34.9 Å². The molecule has 0 saturated heterocycles. The average molecular weight is 392 g/mol. The average Bonchev–Trinajstić information content (AvgIpc) is 3.48. The van der Waals surface area contributed by atoms with Gasteiger partial charge in [0.05, 0.1) is 6.10 Å². The van der Waals surface area contributed by atoms with E-state index in [9.17, 15) is 4.79 Å². The minimum atomic E-state index is -0.907. The number of benzene rings is 1. The molecule has 2 fully saturated rings. The molecule has 2 N–H and O–H groups in total. The van der Waals surface area contributed by atoms with Gasteiger partial charge in [0, 0.05) is 30.6 Å². The molecule has 1 atom stereocenters. The van der Waals surface area contributed by atoms with E-state index in [1.807, 2.05) is 6.92 Å². The van der Waals surface area contributed by atoms with Gasteiger partial charge < -0.3 is 10.5 Å². The Bertz CT molecular complexity index is 945. The first-order chi connectivity index (χ1) is 14.0. The van der Waals surface area contributed by atoms with Crippen LogP contribution in [0.4, 0.5) is 0 Å². The molecule has 0 aromatic heterocycles. The van der Waals surface area contributed by atoms with Gasteiger partial charge in [-0.2, -0.15) is 0 Å². The molecule has 1 aliphatic heterocycles. The van der Waals surface area contributed by atoms with Gasteiger partial charge in [0.25, 0.3) is 5.91 Å². The van der Waals surface area contributed by atoms with Crippen LogP contribution in [-0.4, -0.2) is 36.5 Å². The molecular formula is C24H29N3O2. The minimum absolute atomic E-state index is 0.0101. The zero-order valence-corrected chi connectivity index (χ0v) is 17.3. The summed E-state index contributed by atoms with van der Waals surface area (Å²) in [6.45, 7) is 2.78. The van der Waals surface area contributed by atoms with Crippen molar-refractivity contribution in [1.82, 2.24) is 4.90 Å². The van der Waals surface area contributed by atoms with Crippen LogP contribution >= 0.6 is 0 Å². The van der Waals surface area contributed by atoms with E-state index in [4.69, 9.17) is 15.5 Å². The summed E-state index contributed by atoms with van der Waals surface area (Å²) < 4.78 is 5.89.